The van der Waals surface area contributed by atoms with E-state index in [9.17, 15) is 9.59 Å². The highest BCUT2D eigenvalue weighted by Crippen LogP contribution is 2.38. The van der Waals surface area contributed by atoms with Gasteiger partial charge in [0.1, 0.15) is 6.61 Å². The van der Waals surface area contributed by atoms with Crippen molar-refractivity contribution in [3.63, 3.8) is 0 Å². The summed E-state index contributed by atoms with van der Waals surface area (Å²) in [7, 11) is 0. The zero-order valence-electron chi connectivity index (χ0n) is 15.5. The molecule has 2 aliphatic rings. The number of amides is 1. The van der Waals surface area contributed by atoms with Crippen molar-refractivity contribution in [3.8, 4) is 0 Å². The molecule has 2 aromatic rings. The molecule has 2 heterocycles. The molecule has 2 aliphatic heterocycles. The van der Waals surface area contributed by atoms with E-state index in [-0.39, 0.29) is 24.0 Å². The summed E-state index contributed by atoms with van der Waals surface area (Å²) < 4.78 is 5.71. The van der Waals surface area contributed by atoms with Crippen LogP contribution in [0.25, 0.3) is 0 Å². The summed E-state index contributed by atoms with van der Waals surface area (Å²) >= 11 is 5.89. The number of carbonyl (C=O) groups is 2. The van der Waals surface area contributed by atoms with Crippen LogP contribution in [0, 0.1) is 0 Å². The summed E-state index contributed by atoms with van der Waals surface area (Å²) in [5, 5.41) is 7.32. The van der Waals surface area contributed by atoms with E-state index < -0.39 is 5.54 Å². The second-order valence-electron chi connectivity index (χ2n) is 7.71. The summed E-state index contributed by atoms with van der Waals surface area (Å²) in [6.07, 6.45) is 3.03. The number of piperidine rings is 1. The number of esters is 1. The van der Waals surface area contributed by atoms with E-state index in [2.05, 4.69) is 10.6 Å². The topological polar surface area (TPSA) is 67.4 Å². The number of rotatable bonds is 4. The predicted octanol–water partition coefficient (Wildman–Crippen LogP) is 3.42. The van der Waals surface area contributed by atoms with E-state index in [1.54, 1.807) is 24.3 Å². The number of hydrogen-bond donors (Lipinski definition) is 2. The molecule has 0 radical (unpaired) electrons. The third kappa shape index (κ3) is 3.77. The van der Waals surface area contributed by atoms with Crippen molar-refractivity contribution in [1.82, 2.24) is 10.6 Å². The van der Waals surface area contributed by atoms with Crippen LogP contribution in [0.5, 0.6) is 0 Å². The Morgan fingerprint density at radius 2 is 1.79 bits per heavy atom. The van der Waals surface area contributed by atoms with Crippen molar-refractivity contribution < 1.29 is 14.3 Å². The van der Waals surface area contributed by atoms with Gasteiger partial charge in [0.25, 0.3) is 0 Å². The first-order valence-corrected chi connectivity index (χ1v) is 9.92. The molecule has 1 spiro atoms. The number of carbonyl (C=O) groups excluding carboxylic acids is 2. The highest BCUT2D eigenvalue weighted by atomic mass is 35.5. The molecule has 0 aromatic heterocycles. The molecule has 146 valence electrons. The number of ether oxygens (including phenoxy) is 1. The van der Waals surface area contributed by atoms with Crippen LogP contribution in [0.4, 0.5) is 0 Å². The van der Waals surface area contributed by atoms with Crippen LogP contribution in [0.3, 0.4) is 0 Å². The molecule has 28 heavy (non-hydrogen) atoms. The molecular formula is C22H23ClN2O3. The van der Waals surface area contributed by atoms with Crippen LogP contribution in [0.2, 0.25) is 5.02 Å². The molecule has 2 atom stereocenters. The second kappa shape index (κ2) is 7.57. The van der Waals surface area contributed by atoms with Crippen molar-refractivity contribution in [1.29, 1.82) is 0 Å². The Morgan fingerprint density at radius 1 is 1.04 bits per heavy atom. The van der Waals surface area contributed by atoms with Gasteiger partial charge in [0.15, 0.2) is 0 Å². The molecule has 6 heteroatoms. The highest BCUT2D eigenvalue weighted by molar-refractivity contribution is 6.30. The van der Waals surface area contributed by atoms with Gasteiger partial charge in [-0.1, -0.05) is 41.9 Å². The summed E-state index contributed by atoms with van der Waals surface area (Å²) in [5.74, 6) is -0.258. The maximum absolute atomic E-state index is 12.5. The predicted molar refractivity (Wildman–Crippen MR) is 107 cm³/mol. The molecule has 2 aromatic carbocycles. The van der Waals surface area contributed by atoms with Crippen molar-refractivity contribution in [2.24, 2.45) is 0 Å². The number of hydrogen-bond acceptors (Lipinski definition) is 4. The summed E-state index contributed by atoms with van der Waals surface area (Å²) in [6, 6.07) is 16.7. The van der Waals surface area contributed by atoms with Crippen molar-refractivity contribution in [2.45, 2.75) is 36.8 Å². The van der Waals surface area contributed by atoms with Gasteiger partial charge in [-0.3, -0.25) is 4.79 Å². The van der Waals surface area contributed by atoms with Gasteiger partial charge in [-0.2, -0.15) is 0 Å². The largest absolute Gasteiger partial charge is 0.460 e. The Labute approximate surface area is 169 Å². The highest BCUT2D eigenvalue weighted by Gasteiger charge is 2.47. The van der Waals surface area contributed by atoms with E-state index in [0.717, 1.165) is 24.8 Å². The molecule has 4 rings (SSSR count). The fourth-order valence-corrected chi connectivity index (χ4v) is 4.26. The minimum Gasteiger partial charge on any atom is -0.460 e. The molecule has 0 saturated carbocycles. The van der Waals surface area contributed by atoms with Gasteiger partial charge in [-0.05, 0) is 49.1 Å². The fraction of sp³-hybridized carbons (Fsp3) is 0.364. The number of benzene rings is 2. The maximum Gasteiger partial charge on any atom is 0.338 e. The number of nitrogens with one attached hydrogen (secondary N) is 2. The van der Waals surface area contributed by atoms with Gasteiger partial charge in [0, 0.05) is 18.0 Å². The Balaban J connectivity index is 1.51. The summed E-state index contributed by atoms with van der Waals surface area (Å²) in [5.41, 5.74) is 0.901. The second-order valence-corrected chi connectivity index (χ2v) is 8.15. The lowest BCUT2D eigenvalue weighted by Gasteiger charge is -2.45. The van der Waals surface area contributed by atoms with Crippen LogP contribution >= 0.6 is 11.6 Å². The third-order valence-corrected chi connectivity index (χ3v) is 6.14. The maximum atomic E-state index is 12.5. The van der Waals surface area contributed by atoms with Crippen molar-refractivity contribution in [3.05, 3.63) is 70.7 Å². The van der Waals surface area contributed by atoms with Gasteiger partial charge in [-0.25, -0.2) is 4.79 Å². The van der Waals surface area contributed by atoms with Crippen LogP contribution < -0.4 is 10.6 Å². The minimum atomic E-state index is -0.470. The quantitative estimate of drug-likeness (QED) is 0.774. The van der Waals surface area contributed by atoms with Gasteiger partial charge < -0.3 is 15.4 Å². The molecular weight excluding hydrogens is 376 g/mol. The van der Waals surface area contributed by atoms with Crippen molar-refractivity contribution >= 4 is 23.5 Å². The lowest BCUT2D eigenvalue weighted by atomic mass is 9.76. The Bertz CT molecular complexity index is 859. The van der Waals surface area contributed by atoms with Crippen molar-refractivity contribution in [2.75, 3.05) is 13.2 Å². The van der Waals surface area contributed by atoms with E-state index in [1.807, 2.05) is 30.3 Å². The van der Waals surface area contributed by atoms with E-state index in [1.165, 1.54) is 0 Å². The molecule has 1 amide bonds. The molecule has 2 fully saturated rings. The summed E-state index contributed by atoms with van der Waals surface area (Å²) in [6.45, 7) is 0.884. The first-order valence-electron chi connectivity index (χ1n) is 9.55. The monoisotopic (exact) mass is 398 g/mol. The minimum absolute atomic E-state index is 0.114. The lowest BCUT2D eigenvalue weighted by molar-refractivity contribution is -0.120. The molecule has 0 unspecified atom stereocenters. The number of halogens is 1. The SMILES string of the molecule is O=C1CC[C@]2(CC[C@@](COC(=O)c3ccc(Cl)cc3)(c3ccccc3)NC2)N1. The molecule has 0 bridgehead atoms. The van der Waals surface area contributed by atoms with E-state index >= 15 is 0 Å². The molecule has 0 aliphatic carbocycles. The van der Waals surface area contributed by atoms with Gasteiger partial charge in [0.05, 0.1) is 16.6 Å². The van der Waals surface area contributed by atoms with E-state index in [4.69, 9.17) is 16.3 Å². The van der Waals surface area contributed by atoms with Crippen LogP contribution in [-0.4, -0.2) is 30.6 Å². The Morgan fingerprint density at radius 3 is 2.39 bits per heavy atom. The third-order valence-electron chi connectivity index (χ3n) is 5.89. The average molecular weight is 399 g/mol. The first-order chi connectivity index (χ1) is 13.5. The zero-order valence-corrected chi connectivity index (χ0v) is 16.3. The fourth-order valence-electron chi connectivity index (χ4n) is 4.13. The van der Waals surface area contributed by atoms with Crippen LogP contribution in [0.15, 0.2) is 54.6 Å². The molecule has 2 N–H and O–H groups in total. The van der Waals surface area contributed by atoms with Gasteiger partial charge >= 0.3 is 5.97 Å². The Kier molecular flexibility index (Phi) is 5.13. The zero-order chi connectivity index (χ0) is 19.6. The van der Waals surface area contributed by atoms with Gasteiger partial charge in [-0.15, -0.1) is 0 Å². The van der Waals surface area contributed by atoms with Gasteiger partial charge in [0.2, 0.25) is 5.91 Å². The van der Waals surface area contributed by atoms with Crippen LogP contribution in [-0.2, 0) is 15.1 Å². The average Bonchev–Trinajstić information content (AvgIpc) is 3.09. The standard InChI is InChI=1S/C22H23ClN2O3/c23-18-8-6-16(7-9-18)20(27)28-15-22(17-4-2-1-3-5-17)13-12-21(14-24-22)11-10-19(26)25-21/h1-9,24H,10-15H2,(H,25,26)/t21-,22-/m1/s1. The normalized spacial score (nSPS) is 26.8. The summed E-state index contributed by atoms with van der Waals surface area (Å²) in [4.78, 5) is 24.2. The van der Waals surface area contributed by atoms with E-state index in [0.29, 0.717) is 23.6 Å². The first kappa shape index (κ1) is 19.0. The van der Waals surface area contributed by atoms with Crippen LogP contribution in [0.1, 0.15) is 41.6 Å². The lowest BCUT2D eigenvalue weighted by Crippen LogP contribution is -2.61. The molecule has 5 nitrogen and oxygen atoms in total. The Hall–Kier alpha value is -2.37. The molecule has 2 saturated heterocycles. The smallest absolute Gasteiger partial charge is 0.338 e.